The summed E-state index contributed by atoms with van der Waals surface area (Å²) in [5.41, 5.74) is 9.47. The number of unbranched alkanes of at least 4 members (excludes halogenated alkanes) is 1. The van der Waals surface area contributed by atoms with E-state index in [0.29, 0.717) is 6.54 Å². The SMILES string of the molecule is Cc1ccc2c(c1)nc(NCCCCN)c1nnc(C)n12. The molecule has 0 bridgehead atoms. The largest absolute Gasteiger partial charge is 0.367 e. The van der Waals surface area contributed by atoms with Gasteiger partial charge in [0.2, 0.25) is 5.65 Å². The first-order valence-corrected chi connectivity index (χ1v) is 7.27. The van der Waals surface area contributed by atoms with Gasteiger partial charge >= 0.3 is 0 Å². The Bertz CT molecular complexity index is 777. The quantitative estimate of drug-likeness (QED) is 0.701. The third kappa shape index (κ3) is 2.54. The number of hydrogen-bond donors (Lipinski definition) is 2. The van der Waals surface area contributed by atoms with Gasteiger partial charge in [0.05, 0.1) is 11.0 Å². The molecule has 0 aliphatic rings. The van der Waals surface area contributed by atoms with Gasteiger partial charge in [0.1, 0.15) is 5.82 Å². The number of nitrogens with zero attached hydrogens (tertiary/aromatic N) is 4. The Morgan fingerprint density at radius 1 is 1.19 bits per heavy atom. The summed E-state index contributed by atoms with van der Waals surface area (Å²) < 4.78 is 2.05. The maximum atomic E-state index is 5.52. The number of anilines is 1. The van der Waals surface area contributed by atoms with Crippen molar-refractivity contribution in [2.75, 3.05) is 18.4 Å². The summed E-state index contributed by atoms with van der Waals surface area (Å²) in [4.78, 5) is 4.71. The number of fused-ring (bicyclic) bond motifs is 3. The molecule has 0 atom stereocenters. The van der Waals surface area contributed by atoms with Crippen molar-refractivity contribution in [2.45, 2.75) is 26.7 Å². The Balaban J connectivity index is 2.09. The van der Waals surface area contributed by atoms with Crippen LogP contribution in [-0.4, -0.2) is 32.7 Å². The van der Waals surface area contributed by atoms with E-state index in [1.807, 2.05) is 11.3 Å². The second-order valence-corrected chi connectivity index (χ2v) is 5.28. The molecule has 110 valence electrons. The molecule has 0 aliphatic carbocycles. The van der Waals surface area contributed by atoms with Gasteiger partial charge in [-0.15, -0.1) is 10.2 Å². The molecule has 0 amide bonds. The number of aromatic nitrogens is 4. The van der Waals surface area contributed by atoms with Gasteiger partial charge in [-0.2, -0.15) is 0 Å². The highest BCUT2D eigenvalue weighted by atomic mass is 15.3. The molecule has 3 rings (SSSR count). The van der Waals surface area contributed by atoms with Crippen molar-refractivity contribution in [3.63, 3.8) is 0 Å². The van der Waals surface area contributed by atoms with Gasteiger partial charge in [-0.3, -0.25) is 4.40 Å². The molecule has 0 fully saturated rings. The summed E-state index contributed by atoms with van der Waals surface area (Å²) in [6, 6.07) is 6.23. The average Bonchev–Trinajstić information content (AvgIpc) is 2.86. The second-order valence-electron chi connectivity index (χ2n) is 5.28. The van der Waals surface area contributed by atoms with Crippen LogP contribution in [0, 0.1) is 13.8 Å². The van der Waals surface area contributed by atoms with Gasteiger partial charge in [-0.05, 0) is 50.9 Å². The lowest BCUT2D eigenvalue weighted by molar-refractivity contribution is 0.772. The fraction of sp³-hybridized carbons (Fsp3) is 0.400. The topological polar surface area (TPSA) is 81.1 Å². The molecule has 0 radical (unpaired) electrons. The molecule has 0 saturated heterocycles. The van der Waals surface area contributed by atoms with Crippen LogP contribution in [-0.2, 0) is 0 Å². The molecule has 2 aromatic heterocycles. The zero-order valence-corrected chi connectivity index (χ0v) is 12.4. The molecular formula is C15H20N6. The van der Waals surface area contributed by atoms with Crippen molar-refractivity contribution in [1.82, 2.24) is 19.6 Å². The van der Waals surface area contributed by atoms with Crippen LogP contribution in [0.4, 0.5) is 5.82 Å². The third-order valence-corrected chi connectivity index (χ3v) is 3.56. The normalized spacial score (nSPS) is 11.4. The van der Waals surface area contributed by atoms with Crippen LogP contribution in [0.3, 0.4) is 0 Å². The minimum atomic E-state index is 0.714. The average molecular weight is 284 g/mol. The summed E-state index contributed by atoms with van der Waals surface area (Å²) in [6.45, 7) is 5.57. The fourth-order valence-corrected chi connectivity index (χ4v) is 2.48. The van der Waals surface area contributed by atoms with Crippen molar-refractivity contribution in [2.24, 2.45) is 5.73 Å². The Labute approximate surface area is 123 Å². The maximum absolute atomic E-state index is 5.52. The van der Waals surface area contributed by atoms with Crippen LogP contribution in [0.1, 0.15) is 24.2 Å². The van der Waals surface area contributed by atoms with Crippen LogP contribution in [0.5, 0.6) is 0 Å². The Morgan fingerprint density at radius 2 is 2.05 bits per heavy atom. The van der Waals surface area contributed by atoms with Crippen molar-refractivity contribution in [3.8, 4) is 0 Å². The van der Waals surface area contributed by atoms with E-state index in [-0.39, 0.29) is 0 Å². The molecule has 0 saturated carbocycles. The number of benzene rings is 1. The summed E-state index contributed by atoms with van der Waals surface area (Å²) in [5.74, 6) is 1.65. The minimum Gasteiger partial charge on any atom is -0.367 e. The van der Waals surface area contributed by atoms with E-state index >= 15 is 0 Å². The van der Waals surface area contributed by atoms with Crippen molar-refractivity contribution < 1.29 is 0 Å². The van der Waals surface area contributed by atoms with E-state index in [2.05, 4.69) is 40.6 Å². The van der Waals surface area contributed by atoms with Crippen LogP contribution in [0.25, 0.3) is 16.7 Å². The van der Waals surface area contributed by atoms with E-state index in [0.717, 1.165) is 47.7 Å². The van der Waals surface area contributed by atoms with E-state index in [1.165, 1.54) is 5.56 Å². The zero-order chi connectivity index (χ0) is 14.8. The van der Waals surface area contributed by atoms with Gasteiger partial charge in [0.15, 0.2) is 5.82 Å². The molecule has 21 heavy (non-hydrogen) atoms. The molecule has 0 spiro atoms. The van der Waals surface area contributed by atoms with E-state index < -0.39 is 0 Å². The van der Waals surface area contributed by atoms with Gasteiger partial charge < -0.3 is 11.1 Å². The van der Waals surface area contributed by atoms with Gasteiger partial charge in [-0.1, -0.05) is 6.07 Å². The Kier molecular flexibility index (Phi) is 3.70. The molecule has 6 heteroatoms. The molecule has 0 aliphatic heterocycles. The second kappa shape index (κ2) is 5.65. The van der Waals surface area contributed by atoms with E-state index in [9.17, 15) is 0 Å². The van der Waals surface area contributed by atoms with Crippen molar-refractivity contribution in [3.05, 3.63) is 29.6 Å². The number of rotatable bonds is 5. The van der Waals surface area contributed by atoms with Gasteiger partial charge in [0.25, 0.3) is 0 Å². The molecular weight excluding hydrogens is 264 g/mol. The van der Waals surface area contributed by atoms with Crippen LogP contribution < -0.4 is 11.1 Å². The molecule has 2 heterocycles. The number of nitrogens with one attached hydrogen (secondary N) is 1. The summed E-state index contributed by atoms with van der Waals surface area (Å²) >= 11 is 0. The molecule has 0 unspecified atom stereocenters. The van der Waals surface area contributed by atoms with E-state index in [4.69, 9.17) is 10.7 Å². The standard InChI is InChI=1S/C15H20N6/c1-10-5-6-13-12(9-10)18-14(17-8-4-3-7-16)15-20-19-11(2)21(13)15/h5-6,9H,3-4,7-8,16H2,1-2H3,(H,17,18). The number of hydrogen-bond acceptors (Lipinski definition) is 5. The monoisotopic (exact) mass is 284 g/mol. The van der Waals surface area contributed by atoms with Gasteiger partial charge in [-0.25, -0.2) is 4.98 Å². The Hall–Kier alpha value is -2.21. The predicted molar refractivity (Wildman–Crippen MR) is 84.5 cm³/mol. The lowest BCUT2D eigenvalue weighted by Gasteiger charge is -2.10. The highest BCUT2D eigenvalue weighted by Crippen LogP contribution is 2.22. The smallest absolute Gasteiger partial charge is 0.204 e. The highest BCUT2D eigenvalue weighted by molar-refractivity contribution is 5.83. The number of nitrogens with two attached hydrogens (primary N) is 1. The lowest BCUT2D eigenvalue weighted by atomic mass is 10.2. The third-order valence-electron chi connectivity index (χ3n) is 3.56. The summed E-state index contributed by atoms with van der Waals surface area (Å²) in [6.07, 6.45) is 2.02. The van der Waals surface area contributed by atoms with Crippen LogP contribution in [0.2, 0.25) is 0 Å². The molecule has 1 aromatic carbocycles. The number of aryl methyl sites for hydroxylation is 2. The van der Waals surface area contributed by atoms with Crippen LogP contribution >= 0.6 is 0 Å². The first kappa shape index (κ1) is 13.8. The fourth-order valence-electron chi connectivity index (χ4n) is 2.48. The summed E-state index contributed by atoms with van der Waals surface area (Å²) in [7, 11) is 0. The highest BCUT2D eigenvalue weighted by Gasteiger charge is 2.12. The molecule has 6 nitrogen and oxygen atoms in total. The predicted octanol–water partition coefficient (Wildman–Crippen LogP) is 2.05. The van der Waals surface area contributed by atoms with Crippen molar-refractivity contribution in [1.29, 1.82) is 0 Å². The lowest BCUT2D eigenvalue weighted by Crippen LogP contribution is -2.08. The minimum absolute atomic E-state index is 0.714. The summed E-state index contributed by atoms with van der Waals surface area (Å²) in [5, 5.41) is 11.8. The van der Waals surface area contributed by atoms with Crippen LogP contribution in [0.15, 0.2) is 18.2 Å². The molecule has 3 aromatic rings. The Morgan fingerprint density at radius 3 is 2.86 bits per heavy atom. The van der Waals surface area contributed by atoms with Gasteiger partial charge in [0, 0.05) is 6.54 Å². The zero-order valence-electron chi connectivity index (χ0n) is 12.4. The first-order chi connectivity index (χ1) is 10.2. The molecule has 3 N–H and O–H groups in total. The van der Waals surface area contributed by atoms with E-state index in [1.54, 1.807) is 0 Å². The van der Waals surface area contributed by atoms with Crippen molar-refractivity contribution >= 4 is 22.5 Å². The maximum Gasteiger partial charge on any atom is 0.204 e. The first-order valence-electron chi connectivity index (χ1n) is 7.27.